The summed E-state index contributed by atoms with van der Waals surface area (Å²) < 4.78 is 2.49. The molecule has 0 aliphatic heterocycles. The van der Waals surface area contributed by atoms with Gasteiger partial charge in [-0.3, -0.25) is 0 Å². The fourth-order valence-electron chi connectivity index (χ4n) is 5.40. The summed E-state index contributed by atoms with van der Waals surface area (Å²) in [5.41, 5.74) is 6.62. The average Bonchev–Trinajstić information content (AvgIpc) is 3.04. The van der Waals surface area contributed by atoms with Crippen LogP contribution >= 0.6 is 0 Å². The van der Waals surface area contributed by atoms with E-state index >= 15 is 0 Å². The van der Waals surface area contributed by atoms with Gasteiger partial charge in [0.2, 0.25) is 5.95 Å². The quantitative estimate of drug-likeness (QED) is 0.496. The first kappa shape index (κ1) is 20.0. The minimum atomic E-state index is 0.363. The lowest BCUT2D eigenvalue weighted by Crippen LogP contribution is -2.29. The first-order chi connectivity index (χ1) is 13.9. The van der Waals surface area contributed by atoms with E-state index in [4.69, 9.17) is 4.98 Å². The zero-order chi connectivity index (χ0) is 20.6. The lowest BCUT2D eigenvalue weighted by Gasteiger charge is -2.40. The van der Waals surface area contributed by atoms with Crippen LogP contribution in [0.5, 0.6) is 0 Å². The van der Waals surface area contributed by atoms with Gasteiger partial charge in [-0.05, 0) is 72.8 Å². The fraction of sp³-hybridized carbons (Fsp3) is 0.500. The van der Waals surface area contributed by atoms with Crippen LogP contribution in [0.25, 0.3) is 11.0 Å². The zero-order valence-electron chi connectivity index (χ0n) is 18.6. The molecular weight excluding hydrogens is 354 g/mol. The average molecular weight is 390 g/mol. The molecule has 2 atom stereocenters. The third kappa shape index (κ3) is 4.05. The maximum Gasteiger partial charge on any atom is 0.208 e. The number of hydrogen-bond donors (Lipinski definition) is 1. The maximum atomic E-state index is 5.03. The molecule has 3 aromatic rings. The first-order valence-electron chi connectivity index (χ1n) is 11.3. The number of nitrogens with zero attached hydrogens (tertiary/aromatic N) is 2. The van der Waals surface area contributed by atoms with Crippen molar-refractivity contribution >= 4 is 22.7 Å². The minimum Gasteiger partial charge on any atom is -0.325 e. The van der Waals surface area contributed by atoms with Gasteiger partial charge in [-0.2, -0.15) is 0 Å². The van der Waals surface area contributed by atoms with Crippen LogP contribution in [0, 0.1) is 11.3 Å². The van der Waals surface area contributed by atoms with Crippen LogP contribution in [0.1, 0.15) is 71.0 Å². The highest BCUT2D eigenvalue weighted by molar-refractivity contribution is 5.80. The van der Waals surface area contributed by atoms with E-state index < -0.39 is 0 Å². The molecule has 29 heavy (non-hydrogen) atoms. The minimum absolute atomic E-state index is 0.363. The predicted molar refractivity (Wildman–Crippen MR) is 124 cm³/mol. The molecule has 1 fully saturated rings. The highest BCUT2D eigenvalue weighted by Crippen LogP contribution is 2.46. The highest BCUT2D eigenvalue weighted by Gasteiger charge is 2.34. The molecule has 0 radical (unpaired) electrons. The van der Waals surface area contributed by atoms with Gasteiger partial charge in [0.05, 0.1) is 11.0 Å². The van der Waals surface area contributed by atoms with Crippen molar-refractivity contribution in [3.8, 4) is 0 Å². The maximum absolute atomic E-state index is 5.03. The van der Waals surface area contributed by atoms with E-state index in [1.807, 2.05) is 0 Å². The van der Waals surface area contributed by atoms with Crippen molar-refractivity contribution in [2.45, 2.75) is 72.8 Å². The molecule has 1 saturated carbocycles. The van der Waals surface area contributed by atoms with Gasteiger partial charge >= 0.3 is 0 Å². The Bertz CT molecular complexity index is 998. The van der Waals surface area contributed by atoms with Crippen LogP contribution in [-0.2, 0) is 12.8 Å². The van der Waals surface area contributed by atoms with Crippen LogP contribution < -0.4 is 5.32 Å². The van der Waals surface area contributed by atoms with Gasteiger partial charge in [0.25, 0.3) is 0 Å². The van der Waals surface area contributed by atoms with E-state index in [0.29, 0.717) is 11.5 Å². The number of imidazole rings is 1. The van der Waals surface area contributed by atoms with Gasteiger partial charge in [-0.15, -0.1) is 0 Å². The lowest BCUT2D eigenvalue weighted by atomic mass is 9.70. The molecule has 2 unspecified atom stereocenters. The molecular formula is C26H35N3. The lowest BCUT2D eigenvalue weighted by molar-refractivity contribution is 0.140. The third-order valence-corrected chi connectivity index (χ3v) is 6.53. The molecule has 154 valence electrons. The number of benzene rings is 2. The van der Waals surface area contributed by atoms with Crippen molar-refractivity contribution in [3.05, 3.63) is 53.6 Å². The van der Waals surface area contributed by atoms with Gasteiger partial charge in [0, 0.05) is 11.7 Å². The van der Waals surface area contributed by atoms with Crippen LogP contribution in [-0.4, -0.2) is 9.55 Å². The second-order valence-corrected chi connectivity index (χ2v) is 9.68. The summed E-state index contributed by atoms with van der Waals surface area (Å²) in [6, 6.07) is 15.9. The Morgan fingerprint density at radius 1 is 1.07 bits per heavy atom. The Morgan fingerprint density at radius 3 is 2.59 bits per heavy atom. The van der Waals surface area contributed by atoms with E-state index in [1.54, 1.807) is 0 Å². The van der Waals surface area contributed by atoms with E-state index in [-0.39, 0.29) is 0 Å². The zero-order valence-corrected chi connectivity index (χ0v) is 18.6. The molecule has 1 aliphatic carbocycles. The van der Waals surface area contributed by atoms with E-state index in [1.165, 1.54) is 41.6 Å². The Labute approximate surface area is 175 Å². The summed E-state index contributed by atoms with van der Waals surface area (Å²) in [6.07, 6.45) is 5.80. The van der Waals surface area contributed by atoms with E-state index in [9.17, 15) is 0 Å². The second kappa shape index (κ2) is 7.85. The first-order valence-corrected chi connectivity index (χ1v) is 11.3. The molecule has 3 heteroatoms. The Morgan fingerprint density at radius 2 is 1.86 bits per heavy atom. The van der Waals surface area contributed by atoms with Crippen LogP contribution in [0.3, 0.4) is 0 Å². The normalized spacial score (nSPS) is 21.4. The molecule has 4 rings (SSSR count). The summed E-state index contributed by atoms with van der Waals surface area (Å²) in [7, 11) is 0. The standard InChI is InChI=1S/C26H35N3/c1-6-19-12-13-22(20(7-2)15-19)27-25-28-23-10-8-9-11-24(23)29(25)21-14-18(3)16-26(4,5)17-21/h8-13,15,18,21H,6-7,14,16-17H2,1-5H3,(H,27,28). The molecule has 0 spiro atoms. The molecule has 2 aromatic carbocycles. The number of para-hydroxylation sites is 2. The summed E-state index contributed by atoms with van der Waals surface area (Å²) in [5.74, 6) is 1.72. The van der Waals surface area contributed by atoms with Gasteiger partial charge < -0.3 is 9.88 Å². The van der Waals surface area contributed by atoms with Crippen LogP contribution in [0.2, 0.25) is 0 Å². The molecule has 0 bridgehead atoms. The van der Waals surface area contributed by atoms with Gasteiger partial charge in [0.1, 0.15) is 0 Å². The number of rotatable bonds is 5. The molecule has 1 N–H and O–H groups in total. The summed E-state index contributed by atoms with van der Waals surface area (Å²) >= 11 is 0. The second-order valence-electron chi connectivity index (χ2n) is 9.68. The molecule has 1 aliphatic rings. The van der Waals surface area contributed by atoms with E-state index in [2.05, 4.69) is 87.0 Å². The third-order valence-electron chi connectivity index (χ3n) is 6.53. The molecule has 0 amide bonds. The number of fused-ring (bicyclic) bond motifs is 1. The predicted octanol–water partition coefficient (Wildman–Crippen LogP) is 7.29. The van der Waals surface area contributed by atoms with Crippen molar-refractivity contribution in [1.29, 1.82) is 0 Å². The Balaban J connectivity index is 1.78. The van der Waals surface area contributed by atoms with Crippen LogP contribution in [0.4, 0.5) is 11.6 Å². The fourth-order valence-corrected chi connectivity index (χ4v) is 5.40. The van der Waals surface area contributed by atoms with E-state index in [0.717, 1.165) is 30.2 Å². The van der Waals surface area contributed by atoms with Crippen molar-refractivity contribution in [3.63, 3.8) is 0 Å². The van der Waals surface area contributed by atoms with Crippen molar-refractivity contribution in [2.75, 3.05) is 5.32 Å². The molecule has 3 nitrogen and oxygen atoms in total. The SMILES string of the molecule is CCc1ccc(Nc2nc3ccccc3n2C2CC(C)CC(C)(C)C2)c(CC)c1. The topological polar surface area (TPSA) is 29.9 Å². The van der Waals surface area contributed by atoms with Crippen molar-refractivity contribution < 1.29 is 0 Å². The Hall–Kier alpha value is -2.29. The molecule has 1 aromatic heterocycles. The number of anilines is 2. The molecule has 0 saturated heterocycles. The summed E-state index contributed by atoms with van der Waals surface area (Å²) in [4.78, 5) is 5.03. The monoisotopic (exact) mass is 389 g/mol. The van der Waals surface area contributed by atoms with Gasteiger partial charge in [-0.25, -0.2) is 4.98 Å². The van der Waals surface area contributed by atoms with Gasteiger partial charge in [0.15, 0.2) is 0 Å². The van der Waals surface area contributed by atoms with Crippen LogP contribution in [0.15, 0.2) is 42.5 Å². The van der Waals surface area contributed by atoms with Crippen molar-refractivity contribution in [2.24, 2.45) is 11.3 Å². The smallest absolute Gasteiger partial charge is 0.208 e. The summed E-state index contributed by atoms with van der Waals surface area (Å²) in [6.45, 7) is 11.7. The van der Waals surface area contributed by atoms with Gasteiger partial charge in [-0.1, -0.05) is 58.9 Å². The number of aromatic nitrogens is 2. The highest BCUT2D eigenvalue weighted by atomic mass is 15.2. The van der Waals surface area contributed by atoms with Crippen molar-refractivity contribution in [1.82, 2.24) is 9.55 Å². The summed E-state index contributed by atoms with van der Waals surface area (Å²) in [5, 5.41) is 3.72. The number of nitrogens with one attached hydrogen (secondary N) is 1. The largest absolute Gasteiger partial charge is 0.325 e. The Kier molecular flexibility index (Phi) is 5.42. The number of hydrogen-bond acceptors (Lipinski definition) is 2. The number of aryl methyl sites for hydroxylation is 2. The molecule has 1 heterocycles.